The Kier molecular flexibility index (Phi) is 10.3. The number of carbonyl (C=O) groups is 3. The molecule has 0 saturated heterocycles. The van der Waals surface area contributed by atoms with Crippen molar-refractivity contribution < 1.29 is 24.0 Å². The van der Waals surface area contributed by atoms with Gasteiger partial charge in [0.05, 0.1) is 17.8 Å². The number of rotatable bonds is 11. The standard InChI is InChI=1S/C32H28N4O6S/c1-21-17-25(36(40)41)13-16-28(21)34-30(37)20-43-27-10-6-9-24(19-27)33-32(39)29(18-22-11-14-26(42-2)15-12-22)35-31(38)23-7-4-3-5-8-23/h3-19H,20H2,1-2H3,(H,33,39)(H,34,37)(H,35,38)/b29-18+. The molecule has 0 aliphatic carbocycles. The van der Waals surface area contributed by atoms with Crippen LogP contribution in [0, 0.1) is 17.0 Å². The van der Waals surface area contributed by atoms with Gasteiger partial charge in [-0.1, -0.05) is 36.4 Å². The number of nitro groups is 1. The molecule has 4 rings (SSSR count). The topological polar surface area (TPSA) is 140 Å². The normalized spacial score (nSPS) is 10.9. The fourth-order valence-corrected chi connectivity index (χ4v) is 4.66. The Morgan fingerprint density at radius 1 is 0.907 bits per heavy atom. The van der Waals surface area contributed by atoms with Crippen LogP contribution in [0.5, 0.6) is 5.75 Å². The fourth-order valence-electron chi connectivity index (χ4n) is 3.91. The number of hydrogen-bond acceptors (Lipinski definition) is 7. The molecule has 10 nitrogen and oxygen atoms in total. The Balaban J connectivity index is 1.44. The molecule has 43 heavy (non-hydrogen) atoms. The number of aryl methyl sites for hydroxylation is 1. The summed E-state index contributed by atoms with van der Waals surface area (Å²) in [6.07, 6.45) is 1.57. The van der Waals surface area contributed by atoms with Gasteiger partial charge < -0.3 is 20.7 Å². The largest absolute Gasteiger partial charge is 0.497 e. The van der Waals surface area contributed by atoms with Crippen LogP contribution in [0.25, 0.3) is 6.08 Å². The van der Waals surface area contributed by atoms with Crippen LogP contribution in [0.2, 0.25) is 0 Å². The molecular formula is C32H28N4O6S. The lowest BCUT2D eigenvalue weighted by molar-refractivity contribution is -0.384. The SMILES string of the molecule is COc1ccc(/C=C(/NC(=O)c2ccccc2)C(=O)Nc2cccc(SCC(=O)Nc3ccc([N+](=O)[O-])cc3C)c2)cc1. The maximum absolute atomic E-state index is 13.4. The van der Waals surface area contributed by atoms with Gasteiger partial charge in [0.25, 0.3) is 17.5 Å². The van der Waals surface area contributed by atoms with E-state index in [-0.39, 0.29) is 23.0 Å². The van der Waals surface area contributed by atoms with Crippen LogP contribution in [0.1, 0.15) is 21.5 Å². The van der Waals surface area contributed by atoms with Crippen molar-refractivity contribution in [3.63, 3.8) is 0 Å². The Morgan fingerprint density at radius 3 is 2.33 bits per heavy atom. The molecule has 0 heterocycles. The summed E-state index contributed by atoms with van der Waals surface area (Å²) in [5.41, 5.74) is 2.60. The number of benzene rings is 4. The van der Waals surface area contributed by atoms with Crippen LogP contribution in [0.4, 0.5) is 17.1 Å². The molecular weight excluding hydrogens is 568 g/mol. The van der Waals surface area contributed by atoms with Crippen molar-refractivity contribution >= 4 is 52.6 Å². The Labute approximate surface area is 252 Å². The number of thioether (sulfide) groups is 1. The van der Waals surface area contributed by atoms with Gasteiger partial charge >= 0.3 is 0 Å². The van der Waals surface area contributed by atoms with Gasteiger partial charge in [0, 0.05) is 34.0 Å². The number of anilines is 2. The third-order valence-electron chi connectivity index (χ3n) is 6.11. The summed E-state index contributed by atoms with van der Waals surface area (Å²) in [5, 5.41) is 19.2. The van der Waals surface area contributed by atoms with E-state index in [4.69, 9.17) is 4.74 Å². The summed E-state index contributed by atoms with van der Waals surface area (Å²) in [6.45, 7) is 1.68. The molecule has 4 aromatic rings. The molecule has 0 radical (unpaired) electrons. The van der Waals surface area contributed by atoms with E-state index in [1.165, 1.54) is 30.0 Å². The summed E-state index contributed by atoms with van der Waals surface area (Å²) >= 11 is 1.26. The summed E-state index contributed by atoms with van der Waals surface area (Å²) < 4.78 is 5.20. The second kappa shape index (κ2) is 14.5. The van der Waals surface area contributed by atoms with Crippen LogP contribution in [0.15, 0.2) is 108 Å². The predicted molar refractivity (Wildman–Crippen MR) is 167 cm³/mol. The Hall–Kier alpha value is -5.42. The molecule has 0 atom stereocenters. The van der Waals surface area contributed by atoms with Gasteiger partial charge in [-0.05, 0) is 72.7 Å². The first-order valence-corrected chi connectivity index (χ1v) is 14.0. The first-order valence-electron chi connectivity index (χ1n) is 13.0. The lowest BCUT2D eigenvalue weighted by atomic mass is 10.1. The molecule has 11 heteroatoms. The maximum Gasteiger partial charge on any atom is 0.272 e. The van der Waals surface area contributed by atoms with Crippen molar-refractivity contribution in [2.75, 3.05) is 23.5 Å². The highest BCUT2D eigenvalue weighted by molar-refractivity contribution is 8.00. The van der Waals surface area contributed by atoms with E-state index in [2.05, 4.69) is 16.0 Å². The quantitative estimate of drug-likeness (QED) is 0.0829. The maximum atomic E-state index is 13.4. The number of ether oxygens (including phenoxy) is 1. The molecule has 4 aromatic carbocycles. The van der Waals surface area contributed by atoms with Gasteiger partial charge in [-0.2, -0.15) is 0 Å². The summed E-state index contributed by atoms with van der Waals surface area (Å²) in [4.78, 5) is 50.0. The van der Waals surface area contributed by atoms with E-state index >= 15 is 0 Å². The van der Waals surface area contributed by atoms with Crippen LogP contribution >= 0.6 is 11.8 Å². The Bertz CT molecular complexity index is 1670. The molecule has 218 valence electrons. The van der Waals surface area contributed by atoms with Crippen molar-refractivity contribution in [1.29, 1.82) is 0 Å². The third kappa shape index (κ3) is 8.78. The van der Waals surface area contributed by atoms with Crippen LogP contribution in [-0.4, -0.2) is 35.5 Å². The average molecular weight is 597 g/mol. The Morgan fingerprint density at radius 2 is 1.65 bits per heavy atom. The van der Waals surface area contributed by atoms with Crippen molar-refractivity contribution in [2.45, 2.75) is 11.8 Å². The highest BCUT2D eigenvalue weighted by Gasteiger charge is 2.16. The van der Waals surface area contributed by atoms with Gasteiger partial charge in [0.15, 0.2) is 0 Å². The van der Waals surface area contributed by atoms with E-state index < -0.39 is 16.7 Å². The molecule has 0 unspecified atom stereocenters. The zero-order valence-electron chi connectivity index (χ0n) is 23.3. The third-order valence-corrected chi connectivity index (χ3v) is 7.11. The van der Waals surface area contributed by atoms with Gasteiger partial charge in [-0.15, -0.1) is 11.8 Å². The highest BCUT2D eigenvalue weighted by atomic mass is 32.2. The number of nitrogens with one attached hydrogen (secondary N) is 3. The first kappa shape index (κ1) is 30.5. The number of methoxy groups -OCH3 is 1. The minimum absolute atomic E-state index is 0.0370. The molecule has 0 spiro atoms. The lowest BCUT2D eigenvalue weighted by Gasteiger charge is -2.12. The highest BCUT2D eigenvalue weighted by Crippen LogP contribution is 2.24. The second-order valence-electron chi connectivity index (χ2n) is 9.23. The zero-order chi connectivity index (χ0) is 30.8. The monoisotopic (exact) mass is 596 g/mol. The van der Waals surface area contributed by atoms with Crippen LogP contribution < -0.4 is 20.7 Å². The molecule has 0 aromatic heterocycles. The number of nitrogens with zero attached hydrogens (tertiary/aromatic N) is 1. The van der Waals surface area contributed by atoms with E-state index in [0.29, 0.717) is 33.8 Å². The number of non-ortho nitro benzene ring substituents is 1. The number of carbonyl (C=O) groups excluding carboxylic acids is 3. The summed E-state index contributed by atoms with van der Waals surface area (Å²) in [6, 6.07) is 26.8. The minimum Gasteiger partial charge on any atom is -0.497 e. The van der Waals surface area contributed by atoms with E-state index in [9.17, 15) is 24.5 Å². The molecule has 0 fully saturated rings. The smallest absolute Gasteiger partial charge is 0.272 e. The van der Waals surface area contributed by atoms with Crippen molar-refractivity contribution in [3.05, 3.63) is 130 Å². The average Bonchev–Trinajstić information content (AvgIpc) is 3.01. The predicted octanol–water partition coefficient (Wildman–Crippen LogP) is 6.05. The van der Waals surface area contributed by atoms with Crippen LogP contribution in [0.3, 0.4) is 0 Å². The van der Waals surface area contributed by atoms with Gasteiger partial charge in [-0.25, -0.2) is 0 Å². The van der Waals surface area contributed by atoms with Crippen molar-refractivity contribution in [2.24, 2.45) is 0 Å². The zero-order valence-corrected chi connectivity index (χ0v) is 24.1. The number of amides is 3. The first-order chi connectivity index (χ1) is 20.7. The number of nitro benzene ring substituents is 1. The molecule has 0 aliphatic rings. The van der Waals surface area contributed by atoms with E-state index in [1.807, 2.05) is 0 Å². The second-order valence-corrected chi connectivity index (χ2v) is 10.3. The summed E-state index contributed by atoms with van der Waals surface area (Å²) in [7, 11) is 1.56. The van der Waals surface area contributed by atoms with Gasteiger partial charge in [0.1, 0.15) is 11.4 Å². The molecule has 0 bridgehead atoms. The summed E-state index contributed by atoms with van der Waals surface area (Å²) in [5.74, 6) is -0.529. The van der Waals surface area contributed by atoms with Gasteiger partial charge in [0.2, 0.25) is 5.91 Å². The van der Waals surface area contributed by atoms with Crippen molar-refractivity contribution in [3.8, 4) is 5.75 Å². The lowest BCUT2D eigenvalue weighted by Crippen LogP contribution is -2.30. The van der Waals surface area contributed by atoms with Gasteiger partial charge in [-0.3, -0.25) is 24.5 Å². The fraction of sp³-hybridized carbons (Fsp3) is 0.0938. The number of hydrogen-bond donors (Lipinski definition) is 3. The van der Waals surface area contributed by atoms with E-state index in [1.54, 1.807) is 99.0 Å². The molecule has 0 aliphatic heterocycles. The van der Waals surface area contributed by atoms with Crippen molar-refractivity contribution in [1.82, 2.24) is 5.32 Å². The minimum atomic E-state index is -0.534. The molecule has 3 N–H and O–H groups in total. The molecule has 3 amide bonds. The van der Waals surface area contributed by atoms with Crippen LogP contribution in [-0.2, 0) is 9.59 Å². The molecule has 0 saturated carbocycles. The van der Waals surface area contributed by atoms with E-state index in [0.717, 1.165) is 4.90 Å².